The van der Waals surface area contributed by atoms with Crippen molar-refractivity contribution in [3.05, 3.63) is 53.2 Å². The van der Waals surface area contributed by atoms with Crippen LogP contribution in [0.5, 0.6) is 0 Å². The van der Waals surface area contributed by atoms with Crippen LogP contribution in [0.1, 0.15) is 5.56 Å². The summed E-state index contributed by atoms with van der Waals surface area (Å²) in [5.41, 5.74) is 2.99. The summed E-state index contributed by atoms with van der Waals surface area (Å²) in [6.07, 6.45) is 1.79. The van der Waals surface area contributed by atoms with Crippen molar-refractivity contribution >= 4 is 28.8 Å². The van der Waals surface area contributed by atoms with E-state index in [1.54, 1.807) is 13.3 Å². The molecule has 5 heteroatoms. The molecule has 2 heterocycles. The predicted octanol–water partition coefficient (Wildman–Crippen LogP) is 3.32. The number of aromatic nitrogens is 1. The van der Waals surface area contributed by atoms with Crippen LogP contribution in [0.25, 0.3) is 0 Å². The Kier molecular flexibility index (Phi) is 4.18. The van der Waals surface area contributed by atoms with E-state index in [9.17, 15) is 0 Å². The Bertz CT molecular complexity index is 655. The van der Waals surface area contributed by atoms with E-state index in [0.717, 1.165) is 40.9 Å². The van der Waals surface area contributed by atoms with Gasteiger partial charge in [0.2, 0.25) is 0 Å². The molecule has 0 aliphatic carbocycles. The standard InChI is InChI=1S/C16H16ClN3O/c1-21-10-9-20-11-15(12-4-6-13(17)7-5-12)19-14-3-2-8-18-16(14)20/h2-8H,9-11H2,1H3. The van der Waals surface area contributed by atoms with E-state index in [2.05, 4.69) is 9.88 Å². The van der Waals surface area contributed by atoms with Crippen molar-refractivity contribution < 1.29 is 4.74 Å². The molecule has 21 heavy (non-hydrogen) atoms. The topological polar surface area (TPSA) is 37.7 Å². The zero-order chi connectivity index (χ0) is 14.7. The summed E-state index contributed by atoms with van der Waals surface area (Å²) in [6.45, 7) is 2.16. The Balaban J connectivity index is 1.96. The minimum Gasteiger partial charge on any atom is -0.383 e. The normalized spacial score (nSPS) is 13.8. The maximum absolute atomic E-state index is 5.95. The molecule has 0 saturated heterocycles. The maximum atomic E-state index is 5.95. The van der Waals surface area contributed by atoms with Gasteiger partial charge in [0.05, 0.1) is 18.9 Å². The van der Waals surface area contributed by atoms with Crippen molar-refractivity contribution in [3.8, 4) is 0 Å². The zero-order valence-corrected chi connectivity index (χ0v) is 12.5. The molecule has 0 saturated carbocycles. The van der Waals surface area contributed by atoms with Gasteiger partial charge >= 0.3 is 0 Å². The van der Waals surface area contributed by atoms with Gasteiger partial charge in [-0.05, 0) is 29.8 Å². The van der Waals surface area contributed by atoms with Crippen LogP contribution in [-0.2, 0) is 4.74 Å². The van der Waals surface area contributed by atoms with Crippen LogP contribution < -0.4 is 4.90 Å². The summed E-state index contributed by atoms with van der Waals surface area (Å²) >= 11 is 5.95. The maximum Gasteiger partial charge on any atom is 0.154 e. The molecule has 0 radical (unpaired) electrons. The Morgan fingerprint density at radius 2 is 2.05 bits per heavy atom. The van der Waals surface area contributed by atoms with Gasteiger partial charge in [-0.2, -0.15) is 0 Å². The highest BCUT2D eigenvalue weighted by atomic mass is 35.5. The van der Waals surface area contributed by atoms with E-state index in [0.29, 0.717) is 6.61 Å². The Morgan fingerprint density at radius 3 is 2.81 bits per heavy atom. The third-order valence-corrected chi connectivity index (χ3v) is 3.66. The van der Waals surface area contributed by atoms with Crippen LogP contribution in [0.15, 0.2) is 47.6 Å². The van der Waals surface area contributed by atoms with E-state index >= 15 is 0 Å². The molecule has 0 amide bonds. The first kappa shape index (κ1) is 14.0. The monoisotopic (exact) mass is 301 g/mol. The van der Waals surface area contributed by atoms with E-state index < -0.39 is 0 Å². The van der Waals surface area contributed by atoms with Crippen LogP contribution in [0.3, 0.4) is 0 Å². The number of halogens is 1. The van der Waals surface area contributed by atoms with Crippen molar-refractivity contribution in [2.75, 3.05) is 31.7 Å². The molecule has 2 aromatic rings. The minimum atomic E-state index is 0.657. The number of pyridine rings is 1. The quantitative estimate of drug-likeness (QED) is 0.869. The van der Waals surface area contributed by atoms with Crippen molar-refractivity contribution in [2.45, 2.75) is 0 Å². The fraction of sp³-hybridized carbons (Fsp3) is 0.250. The van der Waals surface area contributed by atoms with E-state index in [1.807, 2.05) is 36.4 Å². The molecule has 3 rings (SSSR count). The number of ether oxygens (including phenoxy) is 1. The van der Waals surface area contributed by atoms with E-state index in [1.165, 1.54) is 0 Å². The van der Waals surface area contributed by atoms with Gasteiger partial charge in [-0.3, -0.25) is 0 Å². The van der Waals surface area contributed by atoms with Crippen molar-refractivity contribution in [1.82, 2.24) is 4.98 Å². The summed E-state index contributed by atoms with van der Waals surface area (Å²) in [6, 6.07) is 11.7. The van der Waals surface area contributed by atoms with Gasteiger partial charge in [-0.25, -0.2) is 9.98 Å². The van der Waals surface area contributed by atoms with Gasteiger partial charge in [0.1, 0.15) is 5.69 Å². The second kappa shape index (κ2) is 6.24. The van der Waals surface area contributed by atoms with Crippen molar-refractivity contribution in [3.63, 3.8) is 0 Å². The fourth-order valence-corrected chi connectivity index (χ4v) is 2.47. The van der Waals surface area contributed by atoms with E-state index in [-0.39, 0.29) is 0 Å². The first-order chi connectivity index (χ1) is 10.3. The highest BCUT2D eigenvalue weighted by Gasteiger charge is 2.21. The molecule has 0 spiro atoms. The molecule has 1 aromatic carbocycles. The fourth-order valence-electron chi connectivity index (χ4n) is 2.34. The molecule has 1 aliphatic rings. The van der Waals surface area contributed by atoms with Gasteiger partial charge < -0.3 is 9.64 Å². The second-order valence-corrected chi connectivity index (χ2v) is 5.26. The smallest absolute Gasteiger partial charge is 0.154 e. The average molecular weight is 302 g/mol. The number of nitrogens with zero attached hydrogens (tertiary/aromatic N) is 3. The zero-order valence-electron chi connectivity index (χ0n) is 11.8. The van der Waals surface area contributed by atoms with Gasteiger partial charge in [0, 0.05) is 24.9 Å². The Morgan fingerprint density at radius 1 is 1.24 bits per heavy atom. The van der Waals surface area contributed by atoms with Gasteiger partial charge in [-0.1, -0.05) is 23.7 Å². The lowest BCUT2D eigenvalue weighted by molar-refractivity contribution is 0.206. The number of benzene rings is 1. The summed E-state index contributed by atoms with van der Waals surface area (Å²) in [7, 11) is 1.71. The lowest BCUT2D eigenvalue weighted by Gasteiger charge is -2.29. The van der Waals surface area contributed by atoms with Crippen molar-refractivity contribution in [1.29, 1.82) is 0 Å². The summed E-state index contributed by atoms with van der Waals surface area (Å²) < 4.78 is 5.19. The Hall–Kier alpha value is -1.91. The minimum absolute atomic E-state index is 0.657. The van der Waals surface area contributed by atoms with Crippen LogP contribution in [0.4, 0.5) is 11.5 Å². The molecular weight excluding hydrogens is 286 g/mol. The molecule has 0 fully saturated rings. The number of hydrogen-bond donors (Lipinski definition) is 0. The average Bonchev–Trinajstić information content (AvgIpc) is 2.53. The number of hydrogen-bond acceptors (Lipinski definition) is 4. The lowest BCUT2D eigenvalue weighted by Crippen LogP contribution is -2.35. The Labute approximate surface area is 129 Å². The molecule has 0 unspecified atom stereocenters. The third kappa shape index (κ3) is 3.06. The molecule has 0 bridgehead atoms. The number of fused-ring (bicyclic) bond motifs is 1. The van der Waals surface area contributed by atoms with Crippen LogP contribution in [-0.4, -0.2) is 37.5 Å². The van der Waals surface area contributed by atoms with Gasteiger partial charge in [-0.15, -0.1) is 0 Å². The number of methoxy groups -OCH3 is 1. The molecule has 0 N–H and O–H groups in total. The highest BCUT2D eigenvalue weighted by molar-refractivity contribution is 6.30. The number of aliphatic imine (C=N–C) groups is 1. The molecule has 0 atom stereocenters. The third-order valence-electron chi connectivity index (χ3n) is 3.40. The van der Waals surface area contributed by atoms with Crippen LogP contribution >= 0.6 is 11.6 Å². The lowest BCUT2D eigenvalue weighted by atomic mass is 10.1. The SMILES string of the molecule is COCCN1CC(c2ccc(Cl)cc2)=Nc2cccnc21. The molecular formula is C16H16ClN3O. The molecule has 1 aromatic heterocycles. The van der Waals surface area contributed by atoms with Crippen LogP contribution in [0, 0.1) is 0 Å². The van der Waals surface area contributed by atoms with Gasteiger partial charge in [0.15, 0.2) is 5.82 Å². The largest absolute Gasteiger partial charge is 0.383 e. The first-order valence-electron chi connectivity index (χ1n) is 6.80. The molecule has 1 aliphatic heterocycles. The molecule has 4 nitrogen and oxygen atoms in total. The summed E-state index contributed by atoms with van der Waals surface area (Å²) in [4.78, 5) is 11.4. The summed E-state index contributed by atoms with van der Waals surface area (Å²) in [5, 5.41) is 0.730. The summed E-state index contributed by atoms with van der Waals surface area (Å²) in [5.74, 6) is 0.910. The van der Waals surface area contributed by atoms with E-state index in [4.69, 9.17) is 21.3 Å². The molecule has 108 valence electrons. The predicted molar refractivity (Wildman–Crippen MR) is 86.0 cm³/mol. The number of rotatable bonds is 4. The number of anilines is 1. The highest BCUT2D eigenvalue weighted by Crippen LogP contribution is 2.30. The second-order valence-electron chi connectivity index (χ2n) is 4.83. The van der Waals surface area contributed by atoms with Gasteiger partial charge in [0.25, 0.3) is 0 Å². The van der Waals surface area contributed by atoms with Crippen molar-refractivity contribution in [2.24, 2.45) is 4.99 Å². The first-order valence-corrected chi connectivity index (χ1v) is 7.18. The van der Waals surface area contributed by atoms with Crippen LogP contribution in [0.2, 0.25) is 5.02 Å².